The zero-order valence-corrected chi connectivity index (χ0v) is 16.3. The van der Waals surface area contributed by atoms with Gasteiger partial charge in [-0.3, -0.25) is 4.79 Å². The van der Waals surface area contributed by atoms with Crippen molar-refractivity contribution < 1.29 is 41.2 Å². The maximum atomic E-state index is 12.5. The fourth-order valence-electron chi connectivity index (χ4n) is 4.62. The molecule has 140 valence electrons. The molecule has 0 radical (unpaired) electrons. The molecule has 3 rings (SSSR count). The Morgan fingerprint density at radius 3 is 2.32 bits per heavy atom. The molecule has 2 N–H and O–H groups in total. The number of carbonyl (C=O) groups excluding carboxylic acids is 1. The zero-order chi connectivity index (χ0) is 17.2. The molecular weight excluding hydrogens is 386 g/mol. The predicted molar refractivity (Wildman–Crippen MR) is 90.3 cm³/mol. The van der Waals surface area contributed by atoms with E-state index in [1.54, 1.807) is 0 Å². The first-order chi connectivity index (χ1) is 11.6. The van der Waals surface area contributed by atoms with Crippen LogP contribution in [0, 0.1) is 0 Å². The van der Waals surface area contributed by atoms with E-state index in [1.807, 2.05) is 30.3 Å². The third kappa shape index (κ3) is 4.08. The van der Waals surface area contributed by atoms with E-state index >= 15 is 0 Å². The number of esters is 1. The molecule has 2 aliphatic heterocycles. The van der Waals surface area contributed by atoms with Gasteiger partial charge in [0.25, 0.3) is 0 Å². The van der Waals surface area contributed by atoms with Crippen LogP contribution in [-0.4, -0.2) is 65.7 Å². The summed E-state index contributed by atoms with van der Waals surface area (Å²) in [5.74, 6) is -0.935. The van der Waals surface area contributed by atoms with E-state index < -0.39 is 5.92 Å². The van der Waals surface area contributed by atoms with Crippen LogP contribution in [0.3, 0.4) is 0 Å². The van der Waals surface area contributed by atoms with E-state index in [0.717, 1.165) is 42.3 Å². The van der Waals surface area contributed by atoms with Gasteiger partial charge in [-0.1, -0.05) is 30.3 Å². The molecule has 25 heavy (non-hydrogen) atoms. The minimum absolute atomic E-state index is 0. The predicted octanol–water partition coefficient (Wildman–Crippen LogP) is -1.56. The first-order valence-electron chi connectivity index (χ1n) is 8.90. The summed E-state index contributed by atoms with van der Waals surface area (Å²) in [5, 5.41) is 19.0. The van der Waals surface area contributed by atoms with Gasteiger partial charge in [-0.15, -0.1) is 0 Å². The number of hydrogen-bond acceptors (Lipinski definition) is 4. The van der Waals surface area contributed by atoms with Crippen molar-refractivity contribution >= 4 is 5.97 Å². The van der Waals surface area contributed by atoms with Gasteiger partial charge in [0, 0.05) is 25.7 Å². The number of likely N-dealkylation sites (N-methyl/N-ethyl adjacent to an activating group) is 1. The van der Waals surface area contributed by atoms with Crippen LogP contribution in [0.25, 0.3) is 0 Å². The summed E-state index contributed by atoms with van der Waals surface area (Å²) >= 11 is 0. The van der Waals surface area contributed by atoms with Crippen LogP contribution < -0.4 is 17.0 Å². The van der Waals surface area contributed by atoms with Gasteiger partial charge in [0.2, 0.25) is 0 Å². The molecule has 1 aromatic carbocycles. The van der Waals surface area contributed by atoms with E-state index in [4.69, 9.17) is 4.74 Å². The number of hydrogen-bond donors (Lipinski definition) is 2. The number of fused-ring (bicyclic) bond motifs is 2. The van der Waals surface area contributed by atoms with Crippen LogP contribution >= 0.6 is 0 Å². The maximum absolute atomic E-state index is 12.5. The average Bonchev–Trinajstić information content (AvgIpc) is 2.75. The first-order valence-corrected chi connectivity index (χ1v) is 8.90. The monoisotopic (exact) mass is 413 g/mol. The molecule has 2 heterocycles. The van der Waals surface area contributed by atoms with Gasteiger partial charge in [-0.2, -0.15) is 0 Å². The summed E-state index contributed by atoms with van der Waals surface area (Å²) in [6, 6.07) is 10.2. The molecule has 2 bridgehead atoms. The van der Waals surface area contributed by atoms with Crippen molar-refractivity contribution in [3.8, 4) is 0 Å². The minimum Gasteiger partial charge on any atom is -1.00 e. The van der Waals surface area contributed by atoms with Crippen molar-refractivity contribution in [2.75, 3.05) is 26.8 Å². The highest BCUT2D eigenvalue weighted by molar-refractivity contribution is 5.78. The lowest BCUT2D eigenvalue weighted by atomic mass is 9.96. The summed E-state index contributed by atoms with van der Waals surface area (Å²) < 4.78 is 6.69. The molecule has 1 unspecified atom stereocenters. The Morgan fingerprint density at radius 2 is 1.80 bits per heavy atom. The van der Waals surface area contributed by atoms with Crippen molar-refractivity contribution in [1.29, 1.82) is 0 Å². The topological polar surface area (TPSA) is 66.8 Å². The molecule has 5 nitrogen and oxygen atoms in total. The molecule has 0 amide bonds. The molecule has 0 aliphatic carbocycles. The number of rotatable bonds is 6. The van der Waals surface area contributed by atoms with E-state index in [9.17, 15) is 15.0 Å². The SMILES string of the molecule is C[N+]1(CCO)[C@@H]2CC[C@@H]1CC(OC(=O)C(CO)c1ccccc1)C2.[Br-]. The Morgan fingerprint density at radius 1 is 1.20 bits per heavy atom. The number of nitrogens with zero attached hydrogens (tertiary/aromatic N) is 1. The van der Waals surface area contributed by atoms with Gasteiger partial charge >= 0.3 is 5.97 Å². The average molecular weight is 414 g/mol. The molecular formula is C19H28BrNO4. The van der Waals surface area contributed by atoms with E-state index in [2.05, 4.69) is 7.05 Å². The Kier molecular flexibility index (Phi) is 7.02. The van der Waals surface area contributed by atoms with E-state index in [0.29, 0.717) is 12.1 Å². The van der Waals surface area contributed by atoms with Gasteiger partial charge in [-0.05, 0) is 5.56 Å². The second kappa shape index (κ2) is 8.62. The number of benzene rings is 1. The molecule has 6 heteroatoms. The highest BCUT2D eigenvalue weighted by Gasteiger charge is 2.52. The molecule has 1 aromatic rings. The largest absolute Gasteiger partial charge is 1.00 e. The van der Waals surface area contributed by atoms with E-state index in [1.165, 1.54) is 0 Å². The number of aliphatic hydroxyl groups excluding tert-OH is 2. The number of halogens is 1. The number of quaternary nitrogens is 1. The molecule has 2 fully saturated rings. The van der Waals surface area contributed by atoms with Crippen LogP contribution in [0.15, 0.2) is 30.3 Å². The lowest BCUT2D eigenvalue weighted by molar-refractivity contribution is -0.949. The standard InChI is InChI=1S/C19H28NO4.BrH/c1-20(9-10-21)15-7-8-16(20)12-17(11-15)24-19(23)18(13-22)14-5-3-2-4-6-14;/h2-6,15-18,21-22H,7-13H2,1H3;1H/q+1;/p-1/t15-,16-,17?,18?,20?;/m1./s1. The number of carbonyl (C=O) groups is 1. The summed E-state index contributed by atoms with van der Waals surface area (Å²) in [5.41, 5.74) is 0.796. The summed E-state index contributed by atoms with van der Waals surface area (Å²) in [4.78, 5) is 12.5. The Labute approximate surface area is 160 Å². The lowest BCUT2D eigenvalue weighted by Crippen LogP contribution is -3.00. The highest BCUT2D eigenvalue weighted by Crippen LogP contribution is 2.42. The van der Waals surface area contributed by atoms with Crippen molar-refractivity contribution in [3.05, 3.63) is 35.9 Å². The van der Waals surface area contributed by atoms with Crippen molar-refractivity contribution in [2.45, 2.75) is 49.8 Å². The van der Waals surface area contributed by atoms with E-state index in [-0.39, 0.29) is 42.3 Å². The van der Waals surface area contributed by atoms with Gasteiger partial charge in [0.1, 0.15) is 18.6 Å². The van der Waals surface area contributed by atoms with Crippen LogP contribution in [-0.2, 0) is 9.53 Å². The van der Waals surface area contributed by atoms with Crippen LogP contribution in [0.5, 0.6) is 0 Å². The molecule has 0 aromatic heterocycles. The van der Waals surface area contributed by atoms with Crippen molar-refractivity contribution in [3.63, 3.8) is 0 Å². The quantitative estimate of drug-likeness (QED) is 0.437. The zero-order valence-electron chi connectivity index (χ0n) is 14.7. The maximum Gasteiger partial charge on any atom is 0.316 e. The molecule has 2 saturated heterocycles. The number of ether oxygens (including phenoxy) is 1. The first kappa shape index (κ1) is 20.4. The summed E-state index contributed by atoms with van der Waals surface area (Å²) in [7, 11) is 2.22. The molecule has 0 saturated carbocycles. The Hall–Kier alpha value is -0.950. The second-order valence-electron chi connectivity index (χ2n) is 7.36. The lowest BCUT2D eigenvalue weighted by Gasteiger charge is -2.46. The third-order valence-corrected chi connectivity index (χ3v) is 6.11. The fraction of sp³-hybridized carbons (Fsp3) is 0.632. The van der Waals surface area contributed by atoms with Crippen molar-refractivity contribution in [2.24, 2.45) is 0 Å². The van der Waals surface area contributed by atoms with Gasteiger partial charge in [0.05, 0.1) is 32.3 Å². The third-order valence-electron chi connectivity index (χ3n) is 6.11. The van der Waals surface area contributed by atoms with Crippen LogP contribution in [0.1, 0.15) is 37.2 Å². The Bertz CT molecular complexity index is 554. The van der Waals surface area contributed by atoms with Crippen LogP contribution in [0.4, 0.5) is 0 Å². The fourth-order valence-corrected chi connectivity index (χ4v) is 4.62. The summed E-state index contributed by atoms with van der Waals surface area (Å²) in [6.07, 6.45) is 3.91. The molecule has 0 spiro atoms. The van der Waals surface area contributed by atoms with Crippen LogP contribution in [0.2, 0.25) is 0 Å². The van der Waals surface area contributed by atoms with Gasteiger partial charge in [-0.25, -0.2) is 0 Å². The number of piperidine rings is 1. The van der Waals surface area contributed by atoms with Gasteiger partial charge in [0.15, 0.2) is 0 Å². The van der Waals surface area contributed by atoms with Crippen molar-refractivity contribution in [1.82, 2.24) is 0 Å². The normalized spacial score (nSPS) is 31.9. The number of aliphatic hydroxyl groups is 2. The smallest absolute Gasteiger partial charge is 0.316 e. The summed E-state index contributed by atoms with van der Waals surface area (Å²) in [6.45, 7) is 0.745. The minimum atomic E-state index is -0.607. The molecule has 2 aliphatic rings. The van der Waals surface area contributed by atoms with Gasteiger partial charge < -0.3 is 36.4 Å². The Balaban J connectivity index is 0.00000225. The molecule has 3 atom stereocenters. The highest BCUT2D eigenvalue weighted by atomic mass is 79.9. The second-order valence-corrected chi connectivity index (χ2v) is 7.36.